The molecular weight excluding hydrogens is 364 g/mol. The Labute approximate surface area is 161 Å². The lowest BCUT2D eigenvalue weighted by molar-refractivity contribution is -0.131. The summed E-state index contributed by atoms with van der Waals surface area (Å²) in [5.41, 5.74) is 1.52. The Morgan fingerprint density at radius 3 is 2.37 bits per heavy atom. The van der Waals surface area contributed by atoms with Crippen molar-refractivity contribution in [1.29, 1.82) is 0 Å². The summed E-state index contributed by atoms with van der Waals surface area (Å²) in [7, 11) is -2.00. The van der Waals surface area contributed by atoms with Crippen molar-refractivity contribution in [3.63, 3.8) is 0 Å². The summed E-state index contributed by atoms with van der Waals surface area (Å²) in [5, 5.41) is 0. The van der Waals surface area contributed by atoms with Crippen LogP contribution in [0.5, 0.6) is 5.75 Å². The van der Waals surface area contributed by atoms with Crippen molar-refractivity contribution in [1.82, 2.24) is 4.90 Å². The lowest BCUT2D eigenvalue weighted by atomic mass is 10.2. The highest BCUT2D eigenvalue weighted by Gasteiger charge is 2.21. The number of ether oxygens (including phenoxy) is 1. The molecule has 2 rings (SSSR count). The Bertz CT molecular complexity index is 853. The van der Waals surface area contributed by atoms with Gasteiger partial charge in [0.05, 0.1) is 19.1 Å². The van der Waals surface area contributed by atoms with E-state index >= 15 is 0 Å². The van der Waals surface area contributed by atoms with Gasteiger partial charge in [0, 0.05) is 32.1 Å². The molecule has 0 N–H and O–H groups in total. The van der Waals surface area contributed by atoms with Crippen LogP contribution < -0.4 is 9.04 Å². The molecule has 0 unspecified atom stereocenters. The van der Waals surface area contributed by atoms with Crippen LogP contribution in [0.1, 0.15) is 18.9 Å². The van der Waals surface area contributed by atoms with E-state index in [2.05, 4.69) is 0 Å². The summed E-state index contributed by atoms with van der Waals surface area (Å²) in [4.78, 5) is 14.4. The fourth-order valence-corrected chi connectivity index (χ4v) is 3.71. The number of methoxy groups -OCH3 is 1. The second kappa shape index (κ2) is 9.41. The Morgan fingerprint density at radius 1 is 1.07 bits per heavy atom. The molecule has 0 saturated carbocycles. The number of sulfonamides is 1. The second-order valence-electron chi connectivity index (χ2n) is 6.18. The number of carbonyl (C=O) groups excluding carboxylic acids is 1. The van der Waals surface area contributed by atoms with Gasteiger partial charge in [0.25, 0.3) is 0 Å². The third-order valence-corrected chi connectivity index (χ3v) is 5.42. The Hall–Kier alpha value is -2.54. The zero-order valence-electron chi connectivity index (χ0n) is 16.0. The molecule has 27 heavy (non-hydrogen) atoms. The van der Waals surface area contributed by atoms with Gasteiger partial charge in [0.2, 0.25) is 15.9 Å². The standard InChI is InChI=1S/C20H26N2O4S/c1-4-21(16-17-9-6-5-7-10-17)20(23)13-14-22(27(3,24)25)18-11-8-12-19(15-18)26-2/h5-12,15H,4,13-14,16H2,1-3H3. The van der Waals surface area contributed by atoms with E-state index in [9.17, 15) is 13.2 Å². The SMILES string of the molecule is CCN(Cc1ccccc1)C(=O)CCN(c1cccc(OC)c1)S(C)(=O)=O. The molecule has 1 amide bonds. The van der Waals surface area contributed by atoms with Gasteiger partial charge in [0.15, 0.2) is 0 Å². The summed E-state index contributed by atoms with van der Waals surface area (Å²) in [6, 6.07) is 16.5. The molecule has 0 saturated heterocycles. The van der Waals surface area contributed by atoms with Crippen molar-refractivity contribution in [3.05, 3.63) is 60.2 Å². The summed E-state index contributed by atoms with van der Waals surface area (Å²) < 4.78 is 30.9. The lowest BCUT2D eigenvalue weighted by Crippen LogP contribution is -2.36. The van der Waals surface area contributed by atoms with E-state index in [-0.39, 0.29) is 18.9 Å². The van der Waals surface area contributed by atoms with E-state index in [1.54, 1.807) is 29.2 Å². The summed E-state index contributed by atoms with van der Waals surface area (Å²) in [6.07, 6.45) is 1.24. The number of rotatable bonds is 9. The molecule has 0 aliphatic heterocycles. The Balaban J connectivity index is 2.10. The zero-order chi connectivity index (χ0) is 19.9. The van der Waals surface area contributed by atoms with Crippen molar-refractivity contribution in [2.24, 2.45) is 0 Å². The quantitative estimate of drug-likeness (QED) is 0.660. The van der Waals surface area contributed by atoms with Crippen LogP contribution in [0.2, 0.25) is 0 Å². The first kappa shape index (κ1) is 20.8. The molecule has 0 fully saturated rings. The largest absolute Gasteiger partial charge is 0.497 e. The number of carbonyl (C=O) groups is 1. The topological polar surface area (TPSA) is 66.9 Å². The number of amides is 1. The molecule has 2 aromatic rings. The van der Waals surface area contributed by atoms with Crippen molar-refractivity contribution in [3.8, 4) is 5.75 Å². The molecule has 0 spiro atoms. The summed E-state index contributed by atoms with van der Waals surface area (Å²) in [5.74, 6) is 0.477. The van der Waals surface area contributed by atoms with Crippen molar-refractivity contribution >= 4 is 21.6 Å². The predicted molar refractivity (Wildman–Crippen MR) is 107 cm³/mol. The van der Waals surface area contributed by atoms with Crippen LogP contribution >= 0.6 is 0 Å². The molecule has 7 heteroatoms. The van der Waals surface area contributed by atoms with Crippen molar-refractivity contribution in [2.45, 2.75) is 19.9 Å². The Morgan fingerprint density at radius 2 is 1.78 bits per heavy atom. The molecule has 6 nitrogen and oxygen atoms in total. The van der Waals surface area contributed by atoms with Gasteiger partial charge < -0.3 is 9.64 Å². The fraction of sp³-hybridized carbons (Fsp3) is 0.350. The maximum Gasteiger partial charge on any atom is 0.232 e. The summed E-state index contributed by atoms with van der Waals surface area (Å²) >= 11 is 0. The zero-order valence-corrected chi connectivity index (χ0v) is 16.8. The van der Waals surface area contributed by atoms with Gasteiger partial charge in [-0.15, -0.1) is 0 Å². The van der Waals surface area contributed by atoms with Crippen molar-refractivity contribution < 1.29 is 17.9 Å². The molecule has 0 atom stereocenters. The Kier molecular flexibility index (Phi) is 7.24. The van der Waals surface area contributed by atoms with Gasteiger partial charge in [-0.05, 0) is 24.6 Å². The molecule has 0 aliphatic carbocycles. The number of hydrogen-bond acceptors (Lipinski definition) is 4. The van der Waals surface area contributed by atoms with Crippen LogP contribution in [0.4, 0.5) is 5.69 Å². The van der Waals surface area contributed by atoms with Crippen LogP contribution in [0.25, 0.3) is 0 Å². The lowest BCUT2D eigenvalue weighted by Gasteiger charge is -2.25. The monoisotopic (exact) mass is 390 g/mol. The molecule has 0 heterocycles. The molecule has 0 radical (unpaired) electrons. The van der Waals surface area contributed by atoms with Gasteiger partial charge in [0.1, 0.15) is 5.75 Å². The first-order valence-corrected chi connectivity index (χ1v) is 10.6. The number of nitrogens with zero attached hydrogens (tertiary/aromatic N) is 2. The number of benzene rings is 2. The van der Waals surface area contributed by atoms with E-state index in [4.69, 9.17) is 4.74 Å². The minimum atomic E-state index is -3.52. The van der Waals surface area contributed by atoms with E-state index in [1.165, 1.54) is 11.4 Å². The van der Waals surface area contributed by atoms with Gasteiger partial charge in [-0.25, -0.2) is 8.42 Å². The van der Waals surface area contributed by atoms with E-state index in [0.717, 1.165) is 11.8 Å². The maximum atomic E-state index is 12.6. The highest BCUT2D eigenvalue weighted by molar-refractivity contribution is 7.92. The smallest absolute Gasteiger partial charge is 0.232 e. The van der Waals surface area contributed by atoms with Crippen LogP contribution in [0.15, 0.2) is 54.6 Å². The van der Waals surface area contributed by atoms with Crippen LogP contribution in [-0.4, -0.2) is 45.7 Å². The van der Waals surface area contributed by atoms with E-state index < -0.39 is 10.0 Å². The predicted octanol–water partition coefficient (Wildman–Crippen LogP) is 2.90. The molecule has 2 aromatic carbocycles. The average molecular weight is 391 g/mol. The van der Waals surface area contributed by atoms with Gasteiger partial charge in [-0.1, -0.05) is 36.4 Å². The fourth-order valence-electron chi connectivity index (χ4n) is 2.79. The van der Waals surface area contributed by atoms with E-state index in [1.807, 2.05) is 37.3 Å². The van der Waals surface area contributed by atoms with Crippen LogP contribution in [0, 0.1) is 0 Å². The van der Waals surface area contributed by atoms with Gasteiger partial charge >= 0.3 is 0 Å². The third kappa shape index (κ3) is 5.99. The van der Waals surface area contributed by atoms with Gasteiger partial charge in [-0.2, -0.15) is 0 Å². The number of hydrogen-bond donors (Lipinski definition) is 0. The highest BCUT2D eigenvalue weighted by atomic mass is 32.2. The molecule has 0 aromatic heterocycles. The third-order valence-electron chi connectivity index (χ3n) is 4.22. The van der Waals surface area contributed by atoms with Gasteiger partial charge in [-0.3, -0.25) is 9.10 Å². The second-order valence-corrected chi connectivity index (χ2v) is 8.09. The normalized spacial score (nSPS) is 11.1. The molecule has 0 bridgehead atoms. The average Bonchev–Trinajstić information content (AvgIpc) is 2.66. The van der Waals surface area contributed by atoms with Crippen molar-refractivity contribution in [2.75, 3.05) is 30.8 Å². The minimum absolute atomic E-state index is 0.0795. The van der Waals surface area contributed by atoms with Crippen LogP contribution in [0.3, 0.4) is 0 Å². The number of anilines is 1. The molecule has 146 valence electrons. The highest BCUT2D eigenvalue weighted by Crippen LogP contribution is 2.23. The van der Waals surface area contributed by atoms with E-state index in [0.29, 0.717) is 24.5 Å². The summed E-state index contributed by atoms with van der Waals surface area (Å²) in [6.45, 7) is 3.06. The first-order chi connectivity index (χ1) is 12.8. The minimum Gasteiger partial charge on any atom is -0.497 e. The van der Waals surface area contributed by atoms with Crippen LogP contribution in [-0.2, 0) is 21.4 Å². The maximum absolute atomic E-state index is 12.6. The first-order valence-electron chi connectivity index (χ1n) is 8.78. The molecule has 0 aliphatic rings. The molecular formula is C20H26N2O4S.